The Bertz CT molecular complexity index is 1050. The van der Waals surface area contributed by atoms with E-state index in [9.17, 15) is 28.7 Å². The average Bonchev–Trinajstić information content (AvgIpc) is 3.04. The summed E-state index contributed by atoms with van der Waals surface area (Å²) >= 11 is 0. The summed E-state index contributed by atoms with van der Waals surface area (Å²) in [6.07, 6.45) is 1.51. The minimum absolute atomic E-state index is 0.0200. The molecular weight excluding hydrogens is 402 g/mol. The first-order valence-electron chi connectivity index (χ1n) is 9.20. The Morgan fingerprint density at radius 3 is 2.90 bits per heavy atom. The van der Waals surface area contributed by atoms with E-state index >= 15 is 0 Å². The van der Waals surface area contributed by atoms with Crippen molar-refractivity contribution in [1.82, 2.24) is 14.8 Å². The van der Waals surface area contributed by atoms with Crippen LogP contribution in [0.25, 0.3) is 0 Å². The number of ether oxygens (including phenoxy) is 1. The third-order valence-electron chi connectivity index (χ3n) is 5.09. The van der Waals surface area contributed by atoms with Crippen LogP contribution in [-0.4, -0.2) is 56.7 Å². The number of hydrogen-bond acceptors (Lipinski definition) is 6. The number of rotatable bonds is 4. The van der Waals surface area contributed by atoms with Gasteiger partial charge < -0.3 is 29.8 Å². The molecule has 0 saturated carbocycles. The maximum Gasteiger partial charge on any atom is 0.276 e. The van der Waals surface area contributed by atoms with Crippen LogP contribution in [0, 0.1) is 11.6 Å². The molecule has 4 rings (SSSR count). The number of nitrogens with zero attached hydrogens (tertiary/aromatic N) is 3. The molecule has 3 heterocycles. The van der Waals surface area contributed by atoms with Crippen molar-refractivity contribution in [3.8, 4) is 5.75 Å². The van der Waals surface area contributed by atoms with Crippen LogP contribution in [-0.2, 0) is 22.6 Å². The van der Waals surface area contributed by atoms with Crippen LogP contribution >= 0.6 is 0 Å². The molecule has 1 aromatic carbocycles. The second kappa shape index (κ2) is 7.75. The number of aromatic hydroxyl groups is 1. The Morgan fingerprint density at radius 1 is 1.37 bits per heavy atom. The summed E-state index contributed by atoms with van der Waals surface area (Å²) in [7, 11) is 0. The van der Waals surface area contributed by atoms with Gasteiger partial charge in [-0.3, -0.25) is 9.59 Å². The van der Waals surface area contributed by atoms with Gasteiger partial charge in [-0.2, -0.15) is 0 Å². The predicted octanol–water partition coefficient (Wildman–Crippen LogP) is 1.17. The smallest absolute Gasteiger partial charge is 0.276 e. The standard InChI is InChI=1S/C19H18F2N4O5/c20-11-3-2-10(13(21)6-11)7-22-18(27)15(23-29)12-8-24-9-14-25(4-1-5-30-14)19(28)16(24)17(12)26/h2-3,6,8,14,26,29H,1,4-5,7,9H2,(H,22,27)/b23-15+. The molecule has 2 aromatic rings. The number of halogens is 2. The molecule has 1 fully saturated rings. The Morgan fingerprint density at radius 2 is 2.17 bits per heavy atom. The Kier molecular flexibility index (Phi) is 5.12. The lowest BCUT2D eigenvalue weighted by Crippen LogP contribution is -2.52. The van der Waals surface area contributed by atoms with Gasteiger partial charge in [-0.25, -0.2) is 8.78 Å². The fraction of sp³-hybridized carbons (Fsp3) is 0.316. The first-order valence-corrected chi connectivity index (χ1v) is 9.20. The maximum atomic E-state index is 13.7. The zero-order valence-corrected chi connectivity index (χ0v) is 15.6. The van der Waals surface area contributed by atoms with Crippen molar-refractivity contribution >= 4 is 17.5 Å². The fourth-order valence-electron chi connectivity index (χ4n) is 3.61. The van der Waals surface area contributed by atoms with Gasteiger partial charge in [-0.1, -0.05) is 11.2 Å². The van der Waals surface area contributed by atoms with E-state index in [2.05, 4.69) is 10.5 Å². The summed E-state index contributed by atoms with van der Waals surface area (Å²) in [5.41, 5.74) is -0.724. The predicted molar refractivity (Wildman–Crippen MR) is 98.0 cm³/mol. The first-order chi connectivity index (χ1) is 14.4. The molecule has 2 amide bonds. The maximum absolute atomic E-state index is 13.7. The van der Waals surface area contributed by atoms with Gasteiger partial charge in [0.25, 0.3) is 11.8 Å². The number of aromatic nitrogens is 1. The van der Waals surface area contributed by atoms with Crippen LogP contribution in [0.2, 0.25) is 0 Å². The molecule has 0 bridgehead atoms. The number of oxime groups is 1. The lowest BCUT2D eigenvalue weighted by molar-refractivity contribution is -0.115. The molecule has 1 unspecified atom stereocenters. The monoisotopic (exact) mass is 420 g/mol. The summed E-state index contributed by atoms with van der Waals surface area (Å²) in [5.74, 6) is -3.47. The number of amides is 2. The van der Waals surface area contributed by atoms with Crippen LogP contribution in [0.1, 0.15) is 28.0 Å². The number of fused-ring (bicyclic) bond motifs is 2. The molecule has 9 nitrogen and oxygen atoms in total. The van der Waals surface area contributed by atoms with E-state index in [0.29, 0.717) is 25.6 Å². The molecule has 158 valence electrons. The molecule has 11 heteroatoms. The van der Waals surface area contributed by atoms with E-state index in [1.54, 1.807) is 0 Å². The Labute approximate surface area is 169 Å². The molecule has 2 aliphatic rings. The summed E-state index contributed by atoms with van der Waals surface area (Å²) in [5, 5.41) is 25.2. The van der Waals surface area contributed by atoms with Gasteiger partial charge in [0.15, 0.2) is 23.4 Å². The van der Waals surface area contributed by atoms with Crippen LogP contribution in [0.4, 0.5) is 8.78 Å². The molecule has 0 spiro atoms. The van der Waals surface area contributed by atoms with Crippen molar-refractivity contribution in [3.05, 3.63) is 52.9 Å². The van der Waals surface area contributed by atoms with Crippen molar-refractivity contribution in [1.29, 1.82) is 0 Å². The fourth-order valence-corrected chi connectivity index (χ4v) is 3.61. The highest BCUT2D eigenvalue weighted by atomic mass is 19.1. The summed E-state index contributed by atoms with van der Waals surface area (Å²) in [6, 6.07) is 2.89. The van der Waals surface area contributed by atoms with E-state index < -0.39 is 41.1 Å². The molecular formula is C19H18F2N4O5. The highest BCUT2D eigenvalue weighted by Crippen LogP contribution is 2.32. The number of carbonyl (C=O) groups is 2. The Hall–Kier alpha value is -3.47. The highest BCUT2D eigenvalue weighted by molar-refractivity contribution is 6.46. The van der Waals surface area contributed by atoms with Gasteiger partial charge in [0.2, 0.25) is 0 Å². The van der Waals surface area contributed by atoms with Gasteiger partial charge >= 0.3 is 0 Å². The third-order valence-corrected chi connectivity index (χ3v) is 5.09. The minimum atomic E-state index is -0.916. The van der Waals surface area contributed by atoms with Gasteiger partial charge in [-0.05, 0) is 12.5 Å². The second-order valence-electron chi connectivity index (χ2n) is 6.94. The van der Waals surface area contributed by atoms with Gasteiger partial charge in [0.1, 0.15) is 11.6 Å². The molecule has 30 heavy (non-hydrogen) atoms. The molecule has 1 saturated heterocycles. The molecule has 0 aliphatic carbocycles. The number of carbonyl (C=O) groups excluding carboxylic acids is 2. The summed E-state index contributed by atoms with van der Waals surface area (Å²) in [6.45, 7) is 0.931. The molecule has 1 aromatic heterocycles. The summed E-state index contributed by atoms with van der Waals surface area (Å²) in [4.78, 5) is 26.7. The topological polar surface area (TPSA) is 116 Å². The normalized spacial score (nSPS) is 18.7. The van der Waals surface area contributed by atoms with Crippen molar-refractivity contribution in [2.24, 2.45) is 5.16 Å². The van der Waals surface area contributed by atoms with Gasteiger partial charge in [0, 0.05) is 30.9 Å². The van der Waals surface area contributed by atoms with Gasteiger partial charge in [-0.15, -0.1) is 0 Å². The lowest BCUT2D eigenvalue weighted by atomic mass is 10.1. The van der Waals surface area contributed by atoms with E-state index in [0.717, 1.165) is 6.07 Å². The number of benzene rings is 1. The zero-order chi connectivity index (χ0) is 21.4. The minimum Gasteiger partial charge on any atom is -0.505 e. The lowest BCUT2D eigenvalue weighted by Gasteiger charge is -2.39. The zero-order valence-electron chi connectivity index (χ0n) is 15.6. The van der Waals surface area contributed by atoms with Gasteiger partial charge in [0.05, 0.1) is 18.7 Å². The quantitative estimate of drug-likeness (QED) is 0.390. The van der Waals surface area contributed by atoms with E-state index in [1.165, 1.54) is 21.7 Å². The Balaban J connectivity index is 1.57. The summed E-state index contributed by atoms with van der Waals surface area (Å²) < 4.78 is 33.8. The van der Waals surface area contributed by atoms with Crippen LogP contribution in [0.15, 0.2) is 29.6 Å². The van der Waals surface area contributed by atoms with Crippen molar-refractivity contribution < 1.29 is 33.4 Å². The molecule has 0 radical (unpaired) electrons. The highest BCUT2D eigenvalue weighted by Gasteiger charge is 2.39. The molecule has 1 atom stereocenters. The largest absolute Gasteiger partial charge is 0.505 e. The first kappa shape index (κ1) is 19.8. The third kappa shape index (κ3) is 3.36. The second-order valence-corrected chi connectivity index (χ2v) is 6.94. The van der Waals surface area contributed by atoms with Crippen LogP contribution in [0.3, 0.4) is 0 Å². The van der Waals surface area contributed by atoms with E-state index in [1.807, 2.05) is 0 Å². The number of nitrogens with one attached hydrogen (secondary N) is 1. The molecule has 3 N–H and O–H groups in total. The van der Waals surface area contributed by atoms with E-state index in [4.69, 9.17) is 4.74 Å². The van der Waals surface area contributed by atoms with Crippen molar-refractivity contribution in [2.75, 3.05) is 13.2 Å². The SMILES string of the molecule is O=C(NCc1ccc(F)cc1F)/C(=N/O)c1cn2c(c1O)C(=O)N1CCCOC1C2. The van der Waals surface area contributed by atoms with Crippen molar-refractivity contribution in [3.63, 3.8) is 0 Å². The van der Waals surface area contributed by atoms with Crippen molar-refractivity contribution in [2.45, 2.75) is 25.7 Å². The number of hydrogen-bond donors (Lipinski definition) is 3. The van der Waals surface area contributed by atoms with E-state index in [-0.39, 0.29) is 29.9 Å². The average molecular weight is 420 g/mol. The van der Waals surface area contributed by atoms with Crippen LogP contribution < -0.4 is 5.32 Å². The van der Waals surface area contributed by atoms with Crippen LogP contribution in [0.5, 0.6) is 5.75 Å². The molecule has 2 aliphatic heterocycles.